The first kappa shape index (κ1) is 15.5. The highest BCUT2D eigenvalue weighted by Crippen LogP contribution is 2.23. The van der Waals surface area contributed by atoms with Crippen LogP contribution in [0, 0.1) is 0 Å². The van der Waals surface area contributed by atoms with Gasteiger partial charge in [-0.15, -0.1) is 0 Å². The number of aromatic hydroxyl groups is 1. The van der Waals surface area contributed by atoms with Crippen LogP contribution in [0.15, 0.2) is 22.7 Å². The first-order valence-corrected chi connectivity index (χ1v) is 6.64. The van der Waals surface area contributed by atoms with E-state index < -0.39 is 0 Å². The number of phenols is 1. The van der Waals surface area contributed by atoms with Crippen LogP contribution >= 0.6 is 15.9 Å². The lowest BCUT2D eigenvalue weighted by Gasteiger charge is -2.17. The summed E-state index contributed by atoms with van der Waals surface area (Å²) in [6, 6.07) is 4.65. The highest BCUT2D eigenvalue weighted by molar-refractivity contribution is 9.10. The van der Waals surface area contributed by atoms with Crippen LogP contribution in [0.3, 0.4) is 0 Å². The van der Waals surface area contributed by atoms with Gasteiger partial charge in [-0.1, -0.05) is 15.9 Å². The van der Waals surface area contributed by atoms with Gasteiger partial charge < -0.3 is 14.7 Å². The van der Waals surface area contributed by atoms with Crippen molar-refractivity contribution in [3.05, 3.63) is 28.2 Å². The third-order valence-corrected chi connectivity index (χ3v) is 2.99. The summed E-state index contributed by atoms with van der Waals surface area (Å²) in [5.74, 6) is -0.779. The second-order valence-corrected chi connectivity index (χ2v) is 4.86. The van der Waals surface area contributed by atoms with Crippen LogP contribution in [0.2, 0.25) is 0 Å². The second-order valence-electron chi connectivity index (χ2n) is 3.94. The summed E-state index contributed by atoms with van der Waals surface area (Å²) in [5.41, 5.74) is 0.203. The van der Waals surface area contributed by atoms with Crippen LogP contribution in [0.25, 0.3) is 0 Å². The number of ether oxygens (including phenoxy) is 1. The van der Waals surface area contributed by atoms with Crippen molar-refractivity contribution in [2.75, 3.05) is 20.2 Å². The predicted octanol–water partition coefficient (Wildman–Crippen LogP) is 2.18. The van der Waals surface area contributed by atoms with Crippen LogP contribution in [-0.4, -0.2) is 42.1 Å². The Hall–Kier alpha value is -1.56. The Morgan fingerprint density at radius 1 is 1.42 bits per heavy atom. The van der Waals surface area contributed by atoms with Gasteiger partial charge in [-0.25, -0.2) is 0 Å². The smallest absolute Gasteiger partial charge is 0.307 e. The summed E-state index contributed by atoms with van der Waals surface area (Å²) in [6.45, 7) is 2.30. The molecule has 6 heteroatoms. The first-order chi connectivity index (χ1) is 8.95. The Bertz CT molecular complexity index is 476. The molecule has 0 atom stereocenters. The van der Waals surface area contributed by atoms with Gasteiger partial charge in [0, 0.05) is 18.1 Å². The molecule has 0 aromatic heterocycles. The summed E-state index contributed by atoms with van der Waals surface area (Å²) in [5, 5.41) is 9.70. The molecule has 0 heterocycles. The molecule has 104 valence electrons. The molecule has 1 rings (SSSR count). The van der Waals surface area contributed by atoms with Gasteiger partial charge in [-0.05, 0) is 25.1 Å². The molecule has 0 saturated carbocycles. The molecule has 1 amide bonds. The third kappa shape index (κ3) is 4.55. The number of rotatable bonds is 5. The number of amides is 1. The number of halogens is 1. The van der Waals surface area contributed by atoms with E-state index >= 15 is 0 Å². The largest absolute Gasteiger partial charge is 0.507 e. The fourth-order valence-electron chi connectivity index (χ4n) is 1.48. The van der Waals surface area contributed by atoms with Gasteiger partial charge >= 0.3 is 5.97 Å². The summed E-state index contributed by atoms with van der Waals surface area (Å²) in [7, 11) is 1.57. The molecule has 0 aliphatic carbocycles. The van der Waals surface area contributed by atoms with E-state index in [4.69, 9.17) is 4.74 Å². The molecule has 1 aromatic carbocycles. The van der Waals surface area contributed by atoms with Gasteiger partial charge in [-0.2, -0.15) is 0 Å². The zero-order chi connectivity index (χ0) is 14.4. The summed E-state index contributed by atoms with van der Waals surface area (Å²) >= 11 is 3.20. The third-order valence-electron chi connectivity index (χ3n) is 2.49. The molecule has 0 bridgehead atoms. The fraction of sp³-hybridized carbons (Fsp3) is 0.385. The van der Waals surface area contributed by atoms with E-state index in [0.717, 1.165) is 0 Å². The van der Waals surface area contributed by atoms with E-state index in [1.165, 1.54) is 17.0 Å². The second kappa shape index (κ2) is 7.13. The Balaban J connectivity index is 2.64. The van der Waals surface area contributed by atoms with Crippen molar-refractivity contribution in [1.82, 2.24) is 4.90 Å². The van der Waals surface area contributed by atoms with Crippen LogP contribution in [-0.2, 0) is 9.53 Å². The van der Waals surface area contributed by atoms with Gasteiger partial charge in [0.25, 0.3) is 5.91 Å². The standard InChI is InChI=1S/C13H16BrNO4/c1-3-19-12(17)6-7-15(2)13(18)10-5-4-9(14)8-11(10)16/h4-5,8,16H,3,6-7H2,1-2H3. The Morgan fingerprint density at radius 2 is 2.11 bits per heavy atom. The lowest BCUT2D eigenvalue weighted by molar-refractivity contribution is -0.143. The molecular formula is C13H16BrNO4. The van der Waals surface area contributed by atoms with Gasteiger partial charge in [0.2, 0.25) is 0 Å². The molecule has 0 unspecified atom stereocenters. The molecule has 0 spiro atoms. The monoisotopic (exact) mass is 329 g/mol. The number of carbonyl (C=O) groups is 2. The van der Waals surface area contributed by atoms with Crippen LogP contribution in [0.5, 0.6) is 5.75 Å². The average molecular weight is 330 g/mol. The van der Waals surface area contributed by atoms with Crippen molar-refractivity contribution in [3.8, 4) is 5.75 Å². The zero-order valence-corrected chi connectivity index (χ0v) is 12.4. The summed E-state index contributed by atoms with van der Waals surface area (Å²) < 4.78 is 5.48. The fourth-order valence-corrected chi connectivity index (χ4v) is 1.83. The highest BCUT2D eigenvalue weighted by Gasteiger charge is 2.16. The van der Waals surface area contributed by atoms with E-state index in [1.54, 1.807) is 20.0 Å². The average Bonchev–Trinajstić information content (AvgIpc) is 2.35. The van der Waals surface area contributed by atoms with Crippen molar-refractivity contribution in [1.29, 1.82) is 0 Å². The van der Waals surface area contributed by atoms with Gasteiger partial charge in [0.15, 0.2) is 0 Å². The summed E-state index contributed by atoms with van der Waals surface area (Å²) in [6.07, 6.45) is 0.132. The molecule has 0 saturated heterocycles. The number of benzene rings is 1. The van der Waals surface area contributed by atoms with Crippen molar-refractivity contribution in [3.63, 3.8) is 0 Å². The number of esters is 1. The van der Waals surface area contributed by atoms with Crippen molar-refractivity contribution in [2.45, 2.75) is 13.3 Å². The van der Waals surface area contributed by atoms with Crippen LogP contribution in [0.1, 0.15) is 23.7 Å². The summed E-state index contributed by atoms with van der Waals surface area (Å²) in [4.78, 5) is 24.6. The van der Waals surface area contributed by atoms with Gasteiger partial charge in [-0.3, -0.25) is 9.59 Å². The first-order valence-electron chi connectivity index (χ1n) is 5.85. The predicted molar refractivity (Wildman–Crippen MR) is 74.0 cm³/mol. The van der Waals surface area contributed by atoms with Gasteiger partial charge in [0.05, 0.1) is 18.6 Å². The molecule has 19 heavy (non-hydrogen) atoms. The Morgan fingerprint density at radius 3 is 2.68 bits per heavy atom. The topological polar surface area (TPSA) is 66.8 Å². The minimum absolute atomic E-state index is 0.0950. The molecule has 1 aromatic rings. The van der Waals surface area contributed by atoms with E-state index in [0.29, 0.717) is 11.1 Å². The lowest BCUT2D eigenvalue weighted by Crippen LogP contribution is -2.29. The molecule has 0 aliphatic rings. The number of hydrogen-bond acceptors (Lipinski definition) is 4. The lowest BCUT2D eigenvalue weighted by atomic mass is 10.2. The number of hydrogen-bond donors (Lipinski definition) is 1. The molecule has 0 radical (unpaired) electrons. The SMILES string of the molecule is CCOC(=O)CCN(C)C(=O)c1ccc(Br)cc1O. The van der Waals surface area contributed by atoms with Crippen LogP contribution in [0.4, 0.5) is 0 Å². The zero-order valence-electron chi connectivity index (χ0n) is 10.9. The van der Waals surface area contributed by atoms with E-state index in [2.05, 4.69) is 15.9 Å². The Labute approximate surface area is 120 Å². The van der Waals surface area contributed by atoms with Gasteiger partial charge in [0.1, 0.15) is 5.75 Å². The number of carbonyl (C=O) groups excluding carboxylic acids is 2. The molecule has 1 N–H and O–H groups in total. The van der Waals surface area contributed by atoms with E-state index in [1.807, 2.05) is 0 Å². The minimum atomic E-state index is -0.345. The maximum absolute atomic E-state index is 12.0. The van der Waals surface area contributed by atoms with Crippen molar-refractivity contribution < 1.29 is 19.4 Å². The maximum atomic E-state index is 12.0. The van der Waals surface area contributed by atoms with E-state index in [-0.39, 0.29) is 36.2 Å². The van der Waals surface area contributed by atoms with Crippen molar-refractivity contribution >= 4 is 27.8 Å². The molecular weight excluding hydrogens is 314 g/mol. The number of phenolic OH excluding ortho intramolecular Hbond substituents is 1. The maximum Gasteiger partial charge on any atom is 0.307 e. The normalized spacial score (nSPS) is 10.1. The molecule has 5 nitrogen and oxygen atoms in total. The Kier molecular flexibility index (Phi) is 5.82. The quantitative estimate of drug-likeness (QED) is 0.841. The highest BCUT2D eigenvalue weighted by atomic mass is 79.9. The van der Waals surface area contributed by atoms with E-state index in [9.17, 15) is 14.7 Å². The van der Waals surface area contributed by atoms with Crippen LogP contribution < -0.4 is 0 Å². The minimum Gasteiger partial charge on any atom is -0.507 e. The van der Waals surface area contributed by atoms with Crippen molar-refractivity contribution in [2.24, 2.45) is 0 Å². The molecule has 0 aliphatic heterocycles. The molecule has 0 fully saturated rings. The number of nitrogens with zero attached hydrogens (tertiary/aromatic N) is 1.